The largest absolute Gasteiger partial charge is 0.482 e. The lowest BCUT2D eigenvalue weighted by molar-refractivity contribution is 0.263. The zero-order valence-corrected chi connectivity index (χ0v) is 10.6. The van der Waals surface area contributed by atoms with Crippen LogP contribution in [-0.2, 0) is 6.61 Å². The van der Waals surface area contributed by atoms with Crippen LogP contribution in [0.5, 0.6) is 5.75 Å². The summed E-state index contributed by atoms with van der Waals surface area (Å²) in [6.07, 6.45) is 3.10. The first-order valence-electron chi connectivity index (χ1n) is 5.47. The third-order valence-electron chi connectivity index (χ3n) is 2.46. The highest BCUT2D eigenvalue weighted by atomic mass is 35.5. The van der Waals surface area contributed by atoms with Crippen LogP contribution in [-0.4, -0.2) is 4.98 Å². The Morgan fingerprint density at radius 3 is 2.82 bits per heavy atom. The van der Waals surface area contributed by atoms with Crippen molar-refractivity contribution in [3.63, 3.8) is 0 Å². The van der Waals surface area contributed by atoms with Crippen LogP contribution in [0.3, 0.4) is 0 Å². The van der Waals surface area contributed by atoms with Gasteiger partial charge in [0.1, 0.15) is 12.0 Å². The minimum atomic E-state index is 0.285. The second-order valence-electron chi connectivity index (χ2n) is 4.06. The quantitative estimate of drug-likeness (QED) is 0.823. The molecule has 0 unspecified atom stereocenters. The van der Waals surface area contributed by atoms with E-state index in [1.165, 1.54) is 11.8 Å². The Morgan fingerprint density at radius 2 is 2.24 bits per heavy atom. The molecule has 1 aromatic carbocycles. The smallest absolute Gasteiger partial charge is 0.232 e. The van der Waals surface area contributed by atoms with Gasteiger partial charge in [-0.05, 0) is 23.6 Å². The molecule has 3 nitrogen and oxygen atoms in total. The fourth-order valence-electron chi connectivity index (χ4n) is 1.46. The molecule has 0 aliphatic heterocycles. The Labute approximate surface area is 105 Å². The first-order chi connectivity index (χ1) is 8.16. The van der Waals surface area contributed by atoms with E-state index in [2.05, 4.69) is 18.8 Å². The van der Waals surface area contributed by atoms with E-state index < -0.39 is 0 Å². The summed E-state index contributed by atoms with van der Waals surface area (Å²) in [6, 6.07) is 5.82. The monoisotopic (exact) mass is 251 g/mol. The number of hydrogen-bond donors (Lipinski definition) is 0. The number of rotatable bonds is 4. The molecule has 0 saturated carbocycles. The van der Waals surface area contributed by atoms with E-state index in [0.717, 1.165) is 0 Å². The Bertz CT molecular complexity index is 480. The number of hydrogen-bond acceptors (Lipinski definition) is 3. The third-order valence-corrected chi connectivity index (χ3v) is 2.75. The molecule has 0 fully saturated rings. The SMILES string of the molecule is CC(C)c1ccc(OCc2ncco2)c(Cl)c1. The highest BCUT2D eigenvalue weighted by Gasteiger charge is 2.07. The molecule has 2 rings (SSSR count). The van der Waals surface area contributed by atoms with Gasteiger partial charge in [0.15, 0.2) is 6.61 Å². The van der Waals surface area contributed by atoms with E-state index in [9.17, 15) is 0 Å². The summed E-state index contributed by atoms with van der Waals surface area (Å²) in [5.74, 6) is 1.64. The molecule has 2 aromatic rings. The maximum atomic E-state index is 6.14. The summed E-state index contributed by atoms with van der Waals surface area (Å²) >= 11 is 6.14. The Kier molecular flexibility index (Phi) is 3.69. The summed E-state index contributed by atoms with van der Waals surface area (Å²) in [6.45, 7) is 4.53. The summed E-state index contributed by atoms with van der Waals surface area (Å²) in [5.41, 5.74) is 1.19. The number of benzene rings is 1. The van der Waals surface area contributed by atoms with Crippen molar-refractivity contribution in [2.75, 3.05) is 0 Å². The summed E-state index contributed by atoms with van der Waals surface area (Å²) in [4.78, 5) is 3.97. The second kappa shape index (κ2) is 5.23. The summed E-state index contributed by atoms with van der Waals surface area (Å²) in [7, 11) is 0. The molecule has 17 heavy (non-hydrogen) atoms. The average Bonchev–Trinajstić information content (AvgIpc) is 2.80. The number of ether oxygens (including phenoxy) is 1. The molecular weight excluding hydrogens is 238 g/mol. The number of halogens is 1. The van der Waals surface area contributed by atoms with E-state index in [-0.39, 0.29) is 6.61 Å². The predicted octanol–water partition coefficient (Wildman–Crippen LogP) is 4.03. The van der Waals surface area contributed by atoms with Crippen LogP contribution >= 0.6 is 11.6 Å². The van der Waals surface area contributed by atoms with Crippen LogP contribution < -0.4 is 4.74 Å². The van der Waals surface area contributed by atoms with Gasteiger partial charge >= 0.3 is 0 Å². The maximum Gasteiger partial charge on any atom is 0.232 e. The highest BCUT2D eigenvalue weighted by molar-refractivity contribution is 6.32. The molecule has 90 valence electrons. The van der Waals surface area contributed by atoms with Gasteiger partial charge < -0.3 is 9.15 Å². The van der Waals surface area contributed by atoms with Gasteiger partial charge in [-0.25, -0.2) is 4.98 Å². The Balaban J connectivity index is 2.06. The lowest BCUT2D eigenvalue weighted by Crippen LogP contribution is -1.97. The molecule has 1 aromatic heterocycles. The van der Waals surface area contributed by atoms with Gasteiger partial charge in [-0.2, -0.15) is 0 Å². The van der Waals surface area contributed by atoms with Crippen molar-refractivity contribution in [2.45, 2.75) is 26.4 Å². The summed E-state index contributed by atoms with van der Waals surface area (Å²) < 4.78 is 10.6. The van der Waals surface area contributed by atoms with E-state index >= 15 is 0 Å². The molecule has 0 bridgehead atoms. The number of oxazole rings is 1. The predicted molar refractivity (Wildman–Crippen MR) is 66.4 cm³/mol. The molecule has 0 radical (unpaired) electrons. The van der Waals surface area contributed by atoms with Crippen LogP contribution in [0, 0.1) is 0 Å². The molecule has 0 saturated heterocycles. The zero-order valence-electron chi connectivity index (χ0n) is 9.81. The lowest BCUT2D eigenvalue weighted by atomic mass is 10.0. The zero-order chi connectivity index (χ0) is 12.3. The van der Waals surface area contributed by atoms with Crippen molar-refractivity contribution in [1.82, 2.24) is 4.98 Å². The average molecular weight is 252 g/mol. The van der Waals surface area contributed by atoms with Crippen molar-refractivity contribution < 1.29 is 9.15 Å². The van der Waals surface area contributed by atoms with Gasteiger partial charge in [0.2, 0.25) is 5.89 Å². The Hall–Kier alpha value is -1.48. The molecule has 0 amide bonds. The van der Waals surface area contributed by atoms with Crippen molar-refractivity contribution >= 4 is 11.6 Å². The molecule has 4 heteroatoms. The van der Waals surface area contributed by atoms with Crippen molar-refractivity contribution in [3.05, 3.63) is 47.1 Å². The molecule has 0 N–H and O–H groups in total. The van der Waals surface area contributed by atoms with Crippen molar-refractivity contribution in [1.29, 1.82) is 0 Å². The molecule has 1 heterocycles. The van der Waals surface area contributed by atoms with Gasteiger partial charge in [-0.1, -0.05) is 31.5 Å². The molecule has 0 aliphatic carbocycles. The van der Waals surface area contributed by atoms with Gasteiger partial charge in [0.05, 0.1) is 11.2 Å². The standard InChI is InChI=1S/C13H14ClNO2/c1-9(2)10-3-4-12(11(14)7-10)17-8-13-15-5-6-16-13/h3-7,9H,8H2,1-2H3. The van der Waals surface area contributed by atoms with E-state index in [0.29, 0.717) is 22.6 Å². The fraction of sp³-hybridized carbons (Fsp3) is 0.308. The molecule has 0 aliphatic rings. The molecular formula is C13H14ClNO2. The first-order valence-corrected chi connectivity index (χ1v) is 5.85. The van der Waals surface area contributed by atoms with E-state index in [4.69, 9.17) is 20.8 Å². The van der Waals surface area contributed by atoms with Crippen molar-refractivity contribution in [3.8, 4) is 5.75 Å². The van der Waals surface area contributed by atoms with Gasteiger partial charge in [0, 0.05) is 0 Å². The normalized spacial score (nSPS) is 10.8. The van der Waals surface area contributed by atoms with Gasteiger partial charge in [0.25, 0.3) is 0 Å². The fourth-order valence-corrected chi connectivity index (χ4v) is 1.70. The van der Waals surface area contributed by atoms with Crippen LogP contribution in [0.25, 0.3) is 0 Å². The minimum Gasteiger partial charge on any atom is -0.482 e. The number of aromatic nitrogens is 1. The van der Waals surface area contributed by atoms with E-state index in [1.54, 1.807) is 6.20 Å². The van der Waals surface area contributed by atoms with Crippen LogP contribution in [0.4, 0.5) is 0 Å². The third kappa shape index (κ3) is 3.01. The molecule has 0 atom stereocenters. The first kappa shape index (κ1) is 12.0. The van der Waals surface area contributed by atoms with Crippen LogP contribution in [0.1, 0.15) is 31.2 Å². The van der Waals surface area contributed by atoms with Crippen molar-refractivity contribution in [2.24, 2.45) is 0 Å². The van der Waals surface area contributed by atoms with Crippen LogP contribution in [0.2, 0.25) is 5.02 Å². The van der Waals surface area contributed by atoms with Crippen LogP contribution in [0.15, 0.2) is 35.1 Å². The minimum absolute atomic E-state index is 0.285. The second-order valence-corrected chi connectivity index (χ2v) is 4.47. The number of nitrogens with zero attached hydrogens (tertiary/aromatic N) is 1. The van der Waals surface area contributed by atoms with E-state index in [1.807, 2.05) is 18.2 Å². The Morgan fingerprint density at radius 1 is 1.41 bits per heavy atom. The van der Waals surface area contributed by atoms with Gasteiger partial charge in [-0.15, -0.1) is 0 Å². The maximum absolute atomic E-state index is 6.14. The van der Waals surface area contributed by atoms with Gasteiger partial charge in [-0.3, -0.25) is 0 Å². The highest BCUT2D eigenvalue weighted by Crippen LogP contribution is 2.28. The summed E-state index contributed by atoms with van der Waals surface area (Å²) in [5, 5.41) is 0.614. The lowest BCUT2D eigenvalue weighted by Gasteiger charge is -2.10. The molecule has 0 spiro atoms. The topological polar surface area (TPSA) is 35.3 Å².